The van der Waals surface area contributed by atoms with Gasteiger partial charge in [0, 0.05) is 11.6 Å². The SMILES string of the molecule is COc1ccc(C(O)C2CCCC2)c(F)c1. The number of hydrogen-bond donors (Lipinski definition) is 1. The Labute approximate surface area is 95.1 Å². The second-order valence-electron chi connectivity index (χ2n) is 4.38. The summed E-state index contributed by atoms with van der Waals surface area (Å²) in [6.45, 7) is 0. The van der Waals surface area contributed by atoms with Gasteiger partial charge in [0.2, 0.25) is 0 Å². The van der Waals surface area contributed by atoms with E-state index in [9.17, 15) is 9.50 Å². The predicted octanol–water partition coefficient (Wildman–Crippen LogP) is 3.06. The summed E-state index contributed by atoms with van der Waals surface area (Å²) in [6.07, 6.45) is 3.59. The first-order chi connectivity index (χ1) is 7.72. The van der Waals surface area contributed by atoms with E-state index < -0.39 is 6.10 Å². The standard InChI is InChI=1S/C13H17FO2/c1-16-10-6-7-11(12(14)8-10)13(15)9-4-2-3-5-9/h6-9,13,15H,2-5H2,1H3. The van der Waals surface area contributed by atoms with Crippen molar-refractivity contribution in [3.8, 4) is 5.75 Å². The van der Waals surface area contributed by atoms with Gasteiger partial charge in [-0.25, -0.2) is 4.39 Å². The van der Waals surface area contributed by atoms with E-state index in [0.29, 0.717) is 11.3 Å². The van der Waals surface area contributed by atoms with Gasteiger partial charge in [-0.05, 0) is 30.9 Å². The van der Waals surface area contributed by atoms with E-state index in [4.69, 9.17) is 4.74 Å². The van der Waals surface area contributed by atoms with Crippen molar-refractivity contribution in [3.63, 3.8) is 0 Å². The third kappa shape index (κ3) is 2.19. The third-order valence-electron chi connectivity index (χ3n) is 3.37. The predicted molar refractivity (Wildman–Crippen MR) is 59.9 cm³/mol. The third-order valence-corrected chi connectivity index (χ3v) is 3.37. The average Bonchev–Trinajstić information content (AvgIpc) is 2.81. The molecular formula is C13H17FO2. The first-order valence-corrected chi connectivity index (χ1v) is 5.74. The number of rotatable bonds is 3. The number of aliphatic hydroxyl groups is 1. The van der Waals surface area contributed by atoms with Crippen LogP contribution < -0.4 is 4.74 Å². The highest BCUT2D eigenvalue weighted by atomic mass is 19.1. The Morgan fingerprint density at radius 3 is 2.62 bits per heavy atom. The normalized spacial score (nSPS) is 18.7. The topological polar surface area (TPSA) is 29.5 Å². The Morgan fingerprint density at radius 1 is 1.38 bits per heavy atom. The zero-order chi connectivity index (χ0) is 11.5. The van der Waals surface area contributed by atoms with Crippen molar-refractivity contribution in [2.24, 2.45) is 5.92 Å². The van der Waals surface area contributed by atoms with Gasteiger partial charge in [0.05, 0.1) is 13.2 Å². The van der Waals surface area contributed by atoms with E-state index in [1.165, 1.54) is 13.2 Å². The highest BCUT2D eigenvalue weighted by Gasteiger charge is 2.26. The van der Waals surface area contributed by atoms with Crippen molar-refractivity contribution in [2.75, 3.05) is 7.11 Å². The monoisotopic (exact) mass is 224 g/mol. The van der Waals surface area contributed by atoms with Crippen molar-refractivity contribution < 1.29 is 14.2 Å². The van der Waals surface area contributed by atoms with Crippen molar-refractivity contribution >= 4 is 0 Å². The number of methoxy groups -OCH3 is 1. The molecule has 3 heteroatoms. The zero-order valence-corrected chi connectivity index (χ0v) is 9.45. The number of halogens is 1. The van der Waals surface area contributed by atoms with Crippen molar-refractivity contribution in [1.82, 2.24) is 0 Å². The second-order valence-corrected chi connectivity index (χ2v) is 4.38. The molecule has 0 radical (unpaired) electrons. The van der Waals surface area contributed by atoms with Crippen LogP contribution in [0.15, 0.2) is 18.2 Å². The molecule has 1 aliphatic rings. The van der Waals surface area contributed by atoms with Gasteiger partial charge >= 0.3 is 0 Å². The number of ether oxygens (including phenoxy) is 1. The van der Waals surface area contributed by atoms with Crippen molar-refractivity contribution in [3.05, 3.63) is 29.6 Å². The summed E-state index contributed by atoms with van der Waals surface area (Å²) in [5.41, 5.74) is 0.396. The molecule has 0 aromatic heterocycles. The summed E-state index contributed by atoms with van der Waals surface area (Å²) in [5.74, 6) is 0.321. The first kappa shape index (κ1) is 11.4. The molecule has 0 amide bonds. The van der Waals surface area contributed by atoms with E-state index in [0.717, 1.165) is 25.7 Å². The van der Waals surface area contributed by atoms with Crippen LogP contribution in [-0.2, 0) is 0 Å². The van der Waals surface area contributed by atoms with Crippen LogP contribution in [0.1, 0.15) is 37.4 Å². The molecule has 1 aromatic rings. The summed E-state index contributed by atoms with van der Waals surface area (Å²) in [7, 11) is 1.50. The van der Waals surface area contributed by atoms with Crippen LogP contribution in [0.2, 0.25) is 0 Å². The smallest absolute Gasteiger partial charge is 0.132 e. The Bertz CT molecular complexity index is 359. The van der Waals surface area contributed by atoms with Gasteiger partial charge < -0.3 is 9.84 Å². The summed E-state index contributed by atoms with van der Waals surface area (Å²) in [4.78, 5) is 0. The van der Waals surface area contributed by atoms with Gasteiger partial charge in [-0.1, -0.05) is 12.8 Å². The molecule has 1 aromatic carbocycles. The molecule has 2 nitrogen and oxygen atoms in total. The van der Waals surface area contributed by atoms with Crippen LogP contribution in [0.5, 0.6) is 5.75 Å². The maximum absolute atomic E-state index is 13.7. The number of benzene rings is 1. The molecule has 1 aliphatic carbocycles. The van der Waals surface area contributed by atoms with Gasteiger partial charge in [-0.15, -0.1) is 0 Å². The van der Waals surface area contributed by atoms with Crippen LogP contribution in [0, 0.1) is 11.7 Å². The minimum Gasteiger partial charge on any atom is -0.497 e. The van der Waals surface area contributed by atoms with E-state index in [1.54, 1.807) is 12.1 Å². The zero-order valence-electron chi connectivity index (χ0n) is 9.45. The maximum Gasteiger partial charge on any atom is 0.132 e. The van der Waals surface area contributed by atoms with E-state index in [-0.39, 0.29) is 11.7 Å². The number of aliphatic hydroxyl groups excluding tert-OH is 1. The van der Waals surface area contributed by atoms with Crippen LogP contribution in [0.25, 0.3) is 0 Å². The molecule has 0 aliphatic heterocycles. The minimum atomic E-state index is -0.673. The lowest BCUT2D eigenvalue weighted by molar-refractivity contribution is 0.108. The molecule has 1 saturated carbocycles. The quantitative estimate of drug-likeness (QED) is 0.855. The fraction of sp³-hybridized carbons (Fsp3) is 0.538. The summed E-state index contributed by atoms with van der Waals surface area (Å²) in [6, 6.07) is 4.64. The van der Waals surface area contributed by atoms with Crippen LogP contribution in [-0.4, -0.2) is 12.2 Å². The van der Waals surface area contributed by atoms with Gasteiger partial charge in [-0.3, -0.25) is 0 Å². The lowest BCUT2D eigenvalue weighted by Crippen LogP contribution is -2.10. The van der Waals surface area contributed by atoms with Gasteiger partial charge in [-0.2, -0.15) is 0 Å². The summed E-state index contributed by atoms with van der Waals surface area (Å²) >= 11 is 0. The second kappa shape index (κ2) is 4.83. The molecule has 16 heavy (non-hydrogen) atoms. The highest BCUT2D eigenvalue weighted by Crippen LogP contribution is 2.36. The number of hydrogen-bond acceptors (Lipinski definition) is 2. The molecule has 0 saturated heterocycles. The maximum atomic E-state index is 13.7. The lowest BCUT2D eigenvalue weighted by atomic mass is 9.94. The Kier molecular flexibility index (Phi) is 3.44. The van der Waals surface area contributed by atoms with Gasteiger partial charge in [0.25, 0.3) is 0 Å². The average molecular weight is 224 g/mol. The molecule has 1 N–H and O–H groups in total. The molecule has 1 unspecified atom stereocenters. The lowest BCUT2D eigenvalue weighted by Gasteiger charge is -2.18. The molecule has 0 heterocycles. The molecule has 1 fully saturated rings. The fourth-order valence-electron chi connectivity index (χ4n) is 2.40. The van der Waals surface area contributed by atoms with Crippen LogP contribution >= 0.6 is 0 Å². The summed E-state index contributed by atoms with van der Waals surface area (Å²) in [5, 5.41) is 10.1. The van der Waals surface area contributed by atoms with E-state index in [2.05, 4.69) is 0 Å². The van der Waals surface area contributed by atoms with E-state index >= 15 is 0 Å². The highest BCUT2D eigenvalue weighted by molar-refractivity contribution is 5.30. The molecule has 0 spiro atoms. The Morgan fingerprint density at radius 2 is 2.06 bits per heavy atom. The molecule has 2 rings (SSSR count). The van der Waals surface area contributed by atoms with Gasteiger partial charge in [0.1, 0.15) is 11.6 Å². The Hall–Kier alpha value is -1.09. The van der Waals surface area contributed by atoms with Crippen molar-refractivity contribution in [1.29, 1.82) is 0 Å². The van der Waals surface area contributed by atoms with Crippen LogP contribution in [0.4, 0.5) is 4.39 Å². The molecule has 1 atom stereocenters. The van der Waals surface area contributed by atoms with E-state index in [1.807, 2.05) is 0 Å². The molecule has 0 bridgehead atoms. The first-order valence-electron chi connectivity index (χ1n) is 5.74. The van der Waals surface area contributed by atoms with Gasteiger partial charge in [0.15, 0.2) is 0 Å². The summed E-state index contributed by atoms with van der Waals surface area (Å²) < 4.78 is 18.6. The Balaban J connectivity index is 2.19. The largest absolute Gasteiger partial charge is 0.497 e. The minimum absolute atomic E-state index is 0.211. The molecule has 88 valence electrons. The fourth-order valence-corrected chi connectivity index (χ4v) is 2.40. The molecular weight excluding hydrogens is 207 g/mol. The van der Waals surface area contributed by atoms with Crippen molar-refractivity contribution in [2.45, 2.75) is 31.8 Å². The van der Waals surface area contributed by atoms with Crippen LogP contribution in [0.3, 0.4) is 0 Å².